The van der Waals surface area contributed by atoms with Gasteiger partial charge in [0.25, 0.3) is 0 Å². The van der Waals surface area contributed by atoms with Crippen LogP contribution in [-0.2, 0) is 6.54 Å². The Morgan fingerprint density at radius 2 is 2.29 bits per heavy atom. The summed E-state index contributed by atoms with van der Waals surface area (Å²) in [5.74, 6) is 0. The monoisotopic (exact) mass is 252 g/mol. The Balaban J connectivity index is 1.78. The highest BCUT2D eigenvalue weighted by Crippen LogP contribution is 2.17. The molecule has 1 aromatic heterocycles. The van der Waals surface area contributed by atoms with E-state index in [2.05, 4.69) is 14.5 Å². The highest BCUT2D eigenvalue weighted by Gasteiger charge is 2.23. The lowest BCUT2D eigenvalue weighted by Crippen LogP contribution is -2.47. The fraction of sp³-hybridized carbons (Fsp3) is 0.667. The molecule has 17 heavy (non-hydrogen) atoms. The lowest BCUT2D eigenvalue weighted by Gasteiger charge is -2.34. The van der Waals surface area contributed by atoms with Gasteiger partial charge in [-0.3, -0.25) is 4.90 Å². The number of piperidine rings is 1. The zero-order chi connectivity index (χ0) is 12.1. The summed E-state index contributed by atoms with van der Waals surface area (Å²) in [5, 5.41) is 0. The first-order valence-electron chi connectivity index (χ1n) is 6.26. The van der Waals surface area contributed by atoms with Crippen molar-refractivity contribution in [3.8, 4) is 0 Å². The predicted molar refractivity (Wildman–Crippen MR) is 72.8 cm³/mol. The van der Waals surface area contributed by atoms with Crippen LogP contribution in [-0.4, -0.2) is 38.6 Å². The van der Waals surface area contributed by atoms with E-state index in [0.717, 1.165) is 32.5 Å². The van der Waals surface area contributed by atoms with Gasteiger partial charge in [0, 0.05) is 25.5 Å². The fourth-order valence-corrected chi connectivity index (χ4v) is 2.72. The summed E-state index contributed by atoms with van der Waals surface area (Å²) in [7, 11) is 0. The average Bonchev–Trinajstić information content (AvgIpc) is 2.82. The Bertz CT molecular complexity index is 349. The van der Waals surface area contributed by atoms with E-state index in [4.69, 9.17) is 18.0 Å². The highest BCUT2D eigenvalue weighted by atomic mass is 32.1. The summed E-state index contributed by atoms with van der Waals surface area (Å²) in [6.45, 7) is 3.21. The first-order valence-corrected chi connectivity index (χ1v) is 6.67. The standard InChI is InChI=1S/C12H20N4S/c13-12(17)11-4-1-2-7-16(11)8-3-6-15-9-5-14-10-15/h5,9-11H,1-4,6-8H2,(H2,13,17). The first kappa shape index (κ1) is 12.5. The molecule has 1 atom stereocenters. The minimum Gasteiger partial charge on any atom is -0.392 e. The van der Waals surface area contributed by atoms with Crippen molar-refractivity contribution in [1.29, 1.82) is 0 Å². The van der Waals surface area contributed by atoms with E-state index >= 15 is 0 Å². The topological polar surface area (TPSA) is 47.1 Å². The smallest absolute Gasteiger partial charge is 0.0945 e. The second-order valence-corrected chi connectivity index (χ2v) is 5.08. The molecule has 0 aromatic carbocycles. The Labute approximate surface area is 108 Å². The van der Waals surface area contributed by atoms with E-state index in [-0.39, 0.29) is 0 Å². The van der Waals surface area contributed by atoms with Crippen molar-refractivity contribution in [2.24, 2.45) is 5.73 Å². The fourth-order valence-electron chi connectivity index (χ4n) is 2.46. The molecule has 1 fully saturated rings. The number of rotatable bonds is 5. The largest absolute Gasteiger partial charge is 0.392 e. The number of aromatic nitrogens is 2. The van der Waals surface area contributed by atoms with Crippen molar-refractivity contribution in [1.82, 2.24) is 14.5 Å². The number of nitrogens with two attached hydrogens (primary N) is 1. The molecule has 0 aliphatic carbocycles. The molecule has 0 saturated carbocycles. The van der Waals surface area contributed by atoms with Crippen LogP contribution in [0.15, 0.2) is 18.7 Å². The molecule has 1 aromatic rings. The van der Waals surface area contributed by atoms with Gasteiger partial charge in [0.15, 0.2) is 0 Å². The molecule has 2 heterocycles. The highest BCUT2D eigenvalue weighted by molar-refractivity contribution is 7.80. The zero-order valence-electron chi connectivity index (χ0n) is 10.1. The molecule has 5 heteroatoms. The minimum atomic E-state index is 0.321. The third kappa shape index (κ3) is 3.51. The Morgan fingerprint density at radius 1 is 1.41 bits per heavy atom. The number of nitrogens with zero attached hydrogens (tertiary/aromatic N) is 3. The zero-order valence-corrected chi connectivity index (χ0v) is 10.9. The molecule has 0 spiro atoms. The molecule has 1 aliphatic heterocycles. The van der Waals surface area contributed by atoms with Gasteiger partial charge in [0.05, 0.1) is 17.4 Å². The van der Waals surface area contributed by atoms with Crippen LogP contribution in [0.4, 0.5) is 0 Å². The molecule has 4 nitrogen and oxygen atoms in total. The molecule has 2 rings (SSSR count). The van der Waals surface area contributed by atoms with Crippen molar-refractivity contribution in [2.75, 3.05) is 13.1 Å². The van der Waals surface area contributed by atoms with Crippen LogP contribution in [0, 0.1) is 0 Å². The van der Waals surface area contributed by atoms with E-state index < -0.39 is 0 Å². The van der Waals surface area contributed by atoms with Gasteiger partial charge in [0.2, 0.25) is 0 Å². The van der Waals surface area contributed by atoms with Crippen LogP contribution in [0.5, 0.6) is 0 Å². The number of thiocarbonyl (C=S) groups is 1. The van der Waals surface area contributed by atoms with Crippen LogP contribution >= 0.6 is 12.2 Å². The second-order valence-electron chi connectivity index (χ2n) is 4.60. The first-order chi connectivity index (χ1) is 8.27. The Morgan fingerprint density at radius 3 is 3.00 bits per heavy atom. The lowest BCUT2D eigenvalue weighted by molar-refractivity contribution is 0.188. The van der Waals surface area contributed by atoms with Gasteiger partial charge in [-0.1, -0.05) is 18.6 Å². The van der Waals surface area contributed by atoms with Gasteiger partial charge in [-0.05, 0) is 25.8 Å². The van der Waals surface area contributed by atoms with Crippen LogP contribution in [0.2, 0.25) is 0 Å². The number of likely N-dealkylation sites (tertiary alicyclic amines) is 1. The number of hydrogen-bond acceptors (Lipinski definition) is 3. The van der Waals surface area contributed by atoms with Crippen LogP contribution in [0.3, 0.4) is 0 Å². The third-order valence-corrected chi connectivity index (χ3v) is 3.63. The van der Waals surface area contributed by atoms with Gasteiger partial charge in [-0.25, -0.2) is 4.98 Å². The molecule has 0 amide bonds. The summed E-state index contributed by atoms with van der Waals surface area (Å²) in [5.41, 5.74) is 5.80. The van der Waals surface area contributed by atoms with E-state index in [1.165, 1.54) is 12.8 Å². The van der Waals surface area contributed by atoms with Gasteiger partial charge in [-0.2, -0.15) is 0 Å². The molecule has 94 valence electrons. The Hall–Kier alpha value is -0.940. The van der Waals surface area contributed by atoms with Crippen LogP contribution in [0.25, 0.3) is 0 Å². The number of aryl methyl sites for hydroxylation is 1. The van der Waals surface area contributed by atoms with E-state index in [0.29, 0.717) is 11.0 Å². The molecule has 2 N–H and O–H groups in total. The molecule has 0 bridgehead atoms. The second kappa shape index (κ2) is 6.12. The number of imidazole rings is 1. The molecular formula is C12H20N4S. The van der Waals surface area contributed by atoms with Crippen molar-refractivity contribution in [3.05, 3.63) is 18.7 Å². The van der Waals surface area contributed by atoms with Crippen LogP contribution in [0.1, 0.15) is 25.7 Å². The maximum absolute atomic E-state index is 5.80. The van der Waals surface area contributed by atoms with E-state index in [1.807, 2.05) is 18.7 Å². The van der Waals surface area contributed by atoms with Crippen molar-refractivity contribution in [2.45, 2.75) is 38.3 Å². The predicted octanol–water partition coefficient (Wildman–Crippen LogP) is 1.41. The molecule has 0 radical (unpaired) electrons. The third-order valence-electron chi connectivity index (χ3n) is 3.36. The average molecular weight is 252 g/mol. The lowest BCUT2D eigenvalue weighted by atomic mass is 10.0. The normalized spacial score (nSPS) is 21.5. The number of hydrogen-bond donors (Lipinski definition) is 1. The molecular weight excluding hydrogens is 232 g/mol. The summed E-state index contributed by atoms with van der Waals surface area (Å²) in [4.78, 5) is 7.13. The Kier molecular flexibility index (Phi) is 4.50. The van der Waals surface area contributed by atoms with E-state index in [1.54, 1.807) is 0 Å². The summed E-state index contributed by atoms with van der Waals surface area (Å²) >= 11 is 5.14. The quantitative estimate of drug-likeness (QED) is 0.805. The summed E-state index contributed by atoms with van der Waals surface area (Å²) in [6, 6.07) is 0.321. The molecule has 1 aliphatic rings. The van der Waals surface area contributed by atoms with Crippen LogP contribution < -0.4 is 5.73 Å². The molecule has 1 unspecified atom stereocenters. The van der Waals surface area contributed by atoms with Gasteiger partial charge >= 0.3 is 0 Å². The maximum atomic E-state index is 5.80. The minimum absolute atomic E-state index is 0.321. The maximum Gasteiger partial charge on any atom is 0.0945 e. The summed E-state index contributed by atoms with van der Waals surface area (Å²) < 4.78 is 2.11. The van der Waals surface area contributed by atoms with Gasteiger partial charge < -0.3 is 10.3 Å². The van der Waals surface area contributed by atoms with Crippen molar-refractivity contribution in [3.63, 3.8) is 0 Å². The summed E-state index contributed by atoms with van der Waals surface area (Å²) in [6.07, 6.45) is 10.4. The SMILES string of the molecule is NC(=S)C1CCCCN1CCCn1ccnc1. The van der Waals surface area contributed by atoms with Crippen molar-refractivity contribution < 1.29 is 0 Å². The van der Waals surface area contributed by atoms with E-state index in [9.17, 15) is 0 Å². The van der Waals surface area contributed by atoms with Gasteiger partial charge in [0.1, 0.15) is 0 Å². The van der Waals surface area contributed by atoms with Crippen molar-refractivity contribution >= 4 is 17.2 Å². The van der Waals surface area contributed by atoms with Gasteiger partial charge in [-0.15, -0.1) is 0 Å². The molecule has 1 saturated heterocycles.